The zero-order valence-electron chi connectivity index (χ0n) is 11.5. The highest BCUT2D eigenvalue weighted by atomic mass is 16.6. The predicted octanol–water partition coefficient (Wildman–Crippen LogP) is 1.44. The lowest BCUT2D eigenvalue weighted by molar-refractivity contribution is -0.133. The molecule has 1 aromatic rings. The molecule has 0 radical (unpaired) electrons. The molecule has 108 valence electrons. The third-order valence-corrected chi connectivity index (χ3v) is 4.69. The van der Waals surface area contributed by atoms with Crippen LogP contribution in [0.5, 0.6) is 0 Å². The molecule has 1 aromatic heterocycles. The van der Waals surface area contributed by atoms with Gasteiger partial charge in [0, 0.05) is 24.9 Å². The van der Waals surface area contributed by atoms with Gasteiger partial charge < -0.3 is 14.2 Å². The molecule has 1 saturated carbocycles. The number of epoxide rings is 1. The van der Waals surface area contributed by atoms with Gasteiger partial charge in [-0.2, -0.15) is 4.98 Å². The van der Waals surface area contributed by atoms with Gasteiger partial charge >= 0.3 is 0 Å². The summed E-state index contributed by atoms with van der Waals surface area (Å²) in [6, 6.07) is 0. The number of nitrogens with zero attached hydrogens (tertiary/aromatic N) is 3. The maximum absolute atomic E-state index is 11.9. The number of piperidine rings is 1. The van der Waals surface area contributed by atoms with E-state index in [0.29, 0.717) is 18.4 Å². The minimum Gasteiger partial charge on any atom is -0.363 e. The standard InChI is InChI=1S/C14H19N3O3/c18-14(11-8-19-11)17-6-4-10(5-7-17)13-15-12(16-20-13)9-2-1-3-9/h9-11H,1-8H2. The first-order valence-electron chi connectivity index (χ1n) is 7.55. The summed E-state index contributed by atoms with van der Waals surface area (Å²) in [6.07, 6.45) is 5.30. The smallest absolute Gasteiger partial charge is 0.254 e. The Bertz CT molecular complexity index is 500. The fraction of sp³-hybridized carbons (Fsp3) is 0.786. The van der Waals surface area contributed by atoms with Gasteiger partial charge in [0.25, 0.3) is 5.91 Å². The van der Waals surface area contributed by atoms with Crippen LogP contribution in [0.3, 0.4) is 0 Å². The maximum atomic E-state index is 11.9. The van der Waals surface area contributed by atoms with Crippen LogP contribution in [0.1, 0.15) is 55.7 Å². The second-order valence-electron chi connectivity index (χ2n) is 6.04. The molecule has 2 saturated heterocycles. The van der Waals surface area contributed by atoms with Gasteiger partial charge in [-0.1, -0.05) is 11.6 Å². The number of hydrogen-bond acceptors (Lipinski definition) is 5. The number of hydrogen-bond donors (Lipinski definition) is 0. The molecule has 6 nitrogen and oxygen atoms in total. The quantitative estimate of drug-likeness (QED) is 0.782. The summed E-state index contributed by atoms with van der Waals surface area (Å²) < 4.78 is 10.5. The predicted molar refractivity (Wildman–Crippen MR) is 69.2 cm³/mol. The number of carbonyl (C=O) groups excluding carboxylic acids is 1. The Morgan fingerprint density at radius 3 is 2.50 bits per heavy atom. The van der Waals surface area contributed by atoms with E-state index < -0.39 is 0 Å². The second kappa shape index (κ2) is 4.84. The lowest BCUT2D eigenvalue weighted by Crippen LogP contribution is -2.40. The average molecular weight is 277 g/mol. The number of aromatic nitrogens is 2. The first-order valence-corrected chi connectivity index (χ1v) is 7.55. The third-order valence-electron chi connectivity index (χ3n) is 4.69. The Kier molecular flexibility index (Phi) is 2.98. The molecule has 0 aromatic carbocycles. The highest BCUT2D eigenvalue weighted by molar-refractivity contribution is 5.83. The Morgan fingerprint density at radius 1 is 1.15 bits per heavy atom. The minimum atomic E-state index is -0.167. The van der Waals surface area contributed by atoms with Crippen LogP contribution in [0.15, 0.2) is 4.52 Å². The van der Waals surface area contributed by atoms with E-state index in [4.69, 9.17) is 9.26 Å². The van der Waals surface area contributed by atoms with Crippen molar-refractivity contribution < 1.29 is 14.1 Å². The fourth-order valence-electron chi connectivity index (χ4n) is 2.99. The average Bonchev–Trinajstić information content (AvgIpc) is 3.16. The van der Waals surface area contributed by atoms with Crippen molar-refractivity contribution in [1.82, 2.24) is 15.0 Å². The maximum Gasteiger partial charge on any atom is 0.254 e. The van der Waals surface area contributed by atoms with Gasteiger partial charge in [0.05, 0.1) is 6.61 Å². The molecule has 1 aliphatic carbocycles. The molecular weight excluding hydrogens is 258 g/mol. The van der Waals surface area contributed by atoms with Crippen LogP contribution in [-0.4, -0.2) is 46.7 Å². The lowest BCUT2D eigenvalue weighted by atomic mass is 9.85. The van der Waals surface area contributed by atoms with Gasteiger partial charge in [0.2, 0.25) is 5.89 Å². The number of likely N-dealkylation sites (tertiary alicyclic amines) is 1. The number of amides is 1. The van der Waals surface area contributed by atoms with Crippen LogP contribution >= 0.6 is 0 Å². The molecule has 0 spiro atoms. The van der Waals surface area contributed by atoms with Crippen LogP contribution in [0.4, 0.5) is 0 Å². The number of rotatable bonds is 3. The second-order valence-corrected chi connectivity index (χ2v) is 6.04. The molecule has 2 aliphatic heterocycles. The molecule has 20 heavy (non-hydrogen) atoms. The summed E-state index contributed by atoms with van der Waals surface area (Å²) in [4.78, 5) is 18.4. The van der Waals surface area contributed by atoms with Gasteiger partial charge in [-0.15, -0.1) is 0 Å². The zero-order chi connectivity index (χ0) is 13.5. The first-order chi connectivity index (χ1) is 9.81. The van der Waals surface area contributed by atoms with E-state index in [1.165, 1.54) is 19.3 Å². The Labute approximate surface area is 117 Å². The van der Waals surface area contributed by atoms with E-state index >= 15 is 0 Å². The normalized spacial score (nSPS) is 27.4. The van der Waals surface area contributed by atoms with Gasteiger partial charge in [0.15, 0.2) is 11.9 Å². The van der Waals surface area contributed by atoms with E-state index in [1.807, 2.05) is 4.90 Å². The largest absolute Gasteiger partial charge is 0.363 e. The molecule has 0 N–H and O–H groups in total. The van der Waals surface area contributed by atoms with Crippen molar-refractivity contribution >= 4 is 5.91 Å². The molecule has 6 heteroatoms. The summed E-state index contributed by atoms with van der Waals surface area (Å²) >= 11 is 0. The number of ether oxygens (including phenoxy) is 1. The summed E-state index contributed by atoms with van der Waals surface area (Å²) in [6.45, 7) is 2.13. The Morgan fingerprint density at radius 2 is 1.90 bits per heavy atom. The molecular formula is C14H19N3O3. The highest BCUT2D eigenvalue weighted by Crippen LogP contribution is 2.36. The zero-order valence-corrected chi connectivity index (χ0v) is 11.5. The highest BCUT2D eigenvalue weighted by Gasteiger charge is 2.37. The van der Waals surface area contributed by atoms with Crippen LogP contribution in [-0.2, 0) is 9.53 Å². The van der Waals surface area contributed by atoms with Crippen molar-refractivity contribution in [3.05, 3.63) is 11.7 Å². The topological polar surface area (TPSA) is 71.8 Å². The van der Waals surface area contributed by atoms with Gasteiger partial charge in [-0.25, -0.2) is 0 Å². The fourth-order valence-corrected chi connectivity index (χ4v) is 2.99. The van der Waals surface area contributed by atoms with E-state index in [1.54, 1.807) is 0 Å². The van der Waals surface area contributed by atoms with Gasteiger partial charge in [-0.05, 0) is 25.7 Å². The van der Waals surface area contributed by atoms with E-state index in [-0.39, 0.29) is 12.0 Å². The molecule has 4 rings (SSSR count). The van der Waals surface area contributed by atoms with E-state index in [9.17, 15) is 4.79 Å². The lowest BCUT2D eigenvalue weighted by Gasteiger charge is -2.30. The molecule has 0 bridgehead atoms. The van der Waals surface area contributed by atoms with E-state index in [0.717, 1.165) is 37.6 Å². The van der Waals surface area contributed by atoms with E-state index in [2.05, 4.69) is 10.1 Å². The van der Waals surface area contributed by atoms with Crippen LogP contribution in [0.2, 0.25) is 0 Å². The molecule has 3 aliphatic rings. The first kappa shape index (κ1) is 12.3. The molecule has 1 atom stereocenters. The van der Waals surface area contributed by atoms with Gasteiger partial charge in [-0.3, -0.25) is 4.79 Å². The SMILES string of the molecule is O=C(C1CO1)N1CCC(c2nc(C3CCC3)no2)CC1. The Hall–Kier alpha value is -1.43. The van der Waals surface area contributed by atoms with Crippen molar-refractivity contribution in [1.29, 1.82) is 0 Å². The number of carbonyl (C=O) groups is 1. The van der Waals surface area contributed by atoms with Gasteiger partial charge in [0.1, 0.15) is 0 Å². The molecule has 3 fully saturated rings. The van der Waals surface area contributed by atoms with Crippen LogP contribution in [0, 0.1) is 0 Å². The molecule has 3 heterocycles. The summed E-state index contributed by atoms with van der Waals surface area (Å²) in [5, 5.41) is 4.12. The minimum absolute atomic E-state index is 0.143. The monoisotopic (exact) mass is 277 g/mol. The van der Waals surface area contributed by atoms with Crippen molar-refractivity contribution in [3.63, 3.8) is 0 Å². The van der Waals surface area contributed by atoms with Crippen molar-refractivity contribution in [2.24, 2.45) is 0 Å². The third kappa shape index (κ3) is 2.22. The van der Waals surface area contributed by atoms with Crippen LogP contribution < -0.4 is 0 Å². The summed E-state index contributed by atoms with van der Waals surface area (Å²) in [5.74, 6) is 2.61. The van der Waals surface area contributed by atoms with Crippen LogP contribution in [0.25, 0.3) is 0 Å². The van der Waals surface area contributed by atoms with Crippen molar-refractivity contribution in [3.8, 4) is 0 Å². The Balaban J connectivity index is 1.36. The molecule has 1 unspecified atom stereocenters. The van der Waals surface area contributed by atoms with Crippen molar-refractivity contribution in [2.75, 3.05) is 19.7 Å². The summed E-state index contributed by atoms with van der Waals surface area (Å²) in [7, 11) is 0. The van der Waals surface area contributed by atoms with Crippen molar-refractivity contribution in [2.45, 2.75) is 50.0 Å². The summed E-state index contributed by atoms with van der Waals surface area (Å²) in [5.41, 5.74) is 0. The molecule has 1 amide bonds.